The van der Waals surface area contributed by atoms with Gasteiger partial charge in [0, 0.05) is 41.5 Å². The topological polar surface area (TPSA) is 79.8 Å². The lowest BCUT2D eigenvalue weighted by atomic mass is 9.97. The summed E-state index contributed by atoms with van der Waals surface area (Å²) in [7, 11) is 0. The number of nitriles is 2. The van der Waals surface area contributed by atoms with Gasteiger partial charge in [-0.2, -0.15) is 10.5 Å². The van der Waals surface area contributed by atoms with Gasteiger partial charge in [0.2, 0.25) is 0 Å². The highest BCUT2D eigenvalue weighted by atomic mass is 32.2. The van der Waals surface area contributed by atoms with E-state index in [0.717, 1.165) is 56.0 Å². The van der Waals surface area contributed by atoms with Crippen molar-refractivity contribution in [3.8, 4) is 34.7 Å². The van der Waals surface area contributed by atoms with Gasteiger partial charge in [0.15, 0.2) is 11.4 Å². The van der Waals surface area contributed by atoms with Gasteiger partial charge < -0.3 is 9.80 Å². The molecule has 7 aromatic rings. The number of aromatic nitrogens is 2. The lowest BCUT2D eigenvalue weighted by Crippen LogP contribution is -2.18. The van der Waals surface area contributed by atoms with Crippen LogP contribution in [0.1, 0.15) is 11.4 Å². The Labute approximate surface area is 284 Å². The zero-order valence-corrected chi connectivity index (χ0v) is 26.7. The van der Waals surface area contributed by atoms with Crippen molar-refractivity contribution in [3.63, 3.8) is 0 Å². The molecule has 6 aromatic carbocycles. The maximum atomic E-state index is 9.87. The van der Waals surface area contributed by atoms with E-state index in [0.29, 0.717) is 11.4 Å². The summed E-state index contributed by atoms with van der Waals surface area (Å²) in [6, 6.07) is 46.8. The van der Waals surface area contributed by atoms with Gasteiger partial charge in [0.05, 0.1) is 45.5 Å². The smallest absolute Gasteiger partial charge is 0.177 e. The molecule has 3 heterocycles. The Hall–Kier alpha value is -6.06. The number of rotatable bonds is 2. The van der Waals surface area contributed by atoms with Crippen LogP contribution in [0.5, 0.6) is 0 Å². The lowest BCUT2D eigenvalue weighted by Gasteiger charge is -2.37. The summed E-state index contributed by atoms with van der Waals surface area (Å²) >= 11 is 3.56. The Bertz CT molecular complexity index is 2370. The molecule has 0 unspecified atom stereocenters. The van der Waals surface area contributed by atoms with Crippen LogP contribution in [0.3, 0.4) is 0 Å². The van der Waals surface area contributed by atoms with Crippen molar-refractivity contribution in [2.24, 2.45) is 0 Å². The maximum absolute atomic E-state index is 9.87. The van der Waals surface area contributed by atoms with Gasteiger partial charge in [-0.1, -0.05) is 72.1 Å². The minimum absolute atomic E-state index is 0.0355. The first kappa shape index (κ1) is 27.1. The standard InChI is InChI=1S/C40H20N6S2/c41-21-25-26(22-42)44-40-24-18-20-32(46-29-11-3-7-15-35(29)48-36-16-8-4-12-30(36)46)38-31(19-17-23(37(24)38)39(40)43-25)45-27-9-1-5-13-33(27)47-34-14-6-2-10-28(34)45/h1-20H. The Morgan fingerprint density at radius 2 is 0.771 bits per heavy atom. The van der Waals surface area contributed by atoms with Gasteiger partial charge in [-0.25, -0.2) is 9.97 Å². The van der Waals surface area contributed by atoms with Crippen molar-refractivity contribution in [2.75, 3.05) is 9.80 Å². The molecule has 0 spiro atoms. The van der Waals surface area contributed by atoms with Crippen LogP contribution in [0.2, 0.25) is 0 Å². The number of benzene rings is 6. The van der Waals surface area contributed by atoms with Gasteiger partial charge in [-0.3, -0.25) is 0 Å². The Morgan fingerprint density at radius 1 is 0.417 bits per heavy atom. The zero-order valence-electron chi connectivity index (χ0n) is 25.0. The largest absolute Gasteiger partial charge is 0.308 e. The van der Waals surface area contributed by atoms with E-state index in [1.165, 1.54) is 19.6 Å². The van der Waals surface area contributed by atoms with Crippen LogP contribution < -0.4 is 9.80 Å². The number of fused-ring (bicyclic) bond motifs is 7. The van der Waals surface area contributed by atoms with Crippen LogP contribution in [-0.2, 0) is 0 Å². The average Bonchev–Trinajstić information content (AvgIpc) is 3.46. The van der Waals surface area contributed by atoms with Crippen molar-refractivity contribution >= 4 is 68.4 Å². The predicted molar refractivity (Wildman–Crippen MR) is 191 cm³/mol. The van der Waals surface area contributed by atoms with Crippen LogP contribution in [0.25, 0.3) is 33.3 Å². The van der Waals surface area contributed by atoms with Crippen LogP contribution in [0, 0.1) is 22.7 Å². The van der Waals surface area contributed by atoms with E-state index >= 15 is 0 Å². The van der Waals surface area contributed by atoms with E-state index in [9.17, 15) is 10.5 Å². The maximum Gasteiger partial charge on any atom is 0.177 e. The third-order valence-electron chi connectivity index (χ3n) is 9.08. The molecule has 8 heteroatoms. The fourth-order valence-corrected chi connectivity index (χ4v) is 9.24. The summed E-state index contributed by atoms with van der Waals surface area (Å²) in [5.41, 5.74) is 9.58. The van der Waals surface area contributed by atoms with Crippen molar-refractivity contribution in [3.05, 3.63) is 133 Å². The van der Waals surface area contributed by atoms with Crippen molar-refractivity contribution in [1.29, 1.82) is 10.5 Å². The minimum atomic E-state index is 0.0355. The monoisotopic (exact) mass is 648 g/mol. The van der Waals surface area contributed by atoms with Gasteiger partial charge in [0.1, 0.15) is 12.1 Å². The molecule has 0 saturated carbocycles. The molecule has 2 aliphatic heterocycles. The van der Waals surface area contributed by atoms with Crippen LogP contribution in [-0.4, -0.2) is 9.97 Å². The normalized spacial score (nSPS) is 13.1. The number of para-hydroxylation sites is 4. The molecule has 0 amide bonds. The molecule has 0 bridgehead atoms. The SMILES string of the molecule is N#Cc1nc2c(nc1C#N)-c1ccc(N3c4ccccc4Sc4ccccc43)c3c(N4c5ccccc5Sc5ccccc54)ccc-2c13. The quantitative estimate of drug-likeness (QED) is 0.183. The van der Waals surface area contributed by atoms with Crippen molar-refractivity contribution in [1.82, 2.24) is 9.97 Å². The van der Waals surface area contributed by atoms with Crippen molar-refractivity contribution < 1.29 is 0 Å². The number of hydrogen-bond donors (Lipinski definition) is 0. The summed E-state index contributed by atoms with van der Waals surface area (Å²) in [4.78, 5) is 18.9. The molecule has 0 atom stereocenters. The molecular weight excluding hydrogens is 629 g/mol. The van der Waals surface area contributed by atoms with E-state index in [4.69, 9.17) is 9.97 Å². The fraction of sp³-hybridized carbons (Fsp3) is 0. The van der Waals surface area contributed by atoms with E-state index < -0.39 is 0 Å². The van der Waals surface area contributed by atoms with Crippen LogP contribution >= 0.6 is 23.5 Å². The summed E-state index contributed by atoms with van der Waals surface area (Å²) in [6.07, 6.45) is 0. The summed E-state index contributed by atoms with van der Waals surface area (Å²) in [5.74, 6) is 0. The second kappa shape index (κ2) is 10.2. The minimum Gasteiger partial charge on any atom is -0.308 e. The van der Waals surface area contributed by atoms with Gasteiger partial charge in [0.25, 0.3) is 0 Å². The number of anilines is 6. The van der Waals surface area contributed by atoms with E-state index in [1.54, 1.807) is 23.5 Å². The molecule has 0 fully saturated rings. The molecule has 0 radical (unpaired) electrons. The van der Waals surface area contributed by atoms with E-state index in [2.05, 4.69) is 143 Å². The second-order valence-corrected chi connectivity index (χ2v) is 13.8. The van der Waals surface area contributed by atoms with E-state index in [-0.39, 0.29) is 11.4 Å². The highest BCUT2D eigenvalue weighted by Crippen LogP contribution is 2.59. The molecule has 0 saturated heterocycles. The van der Waals surface area contributed by atoms with Crippen LogP contribution in [0.15, 0.2) is 141 Å². The van der Waals surface area contributed by atoms with Crippen molar-refractivity contribution in [2.45, 2.75) is 19.6 Å². The predicted octanol–water partition coefficient (Wildman–Crippen LogP) is 10.9. The average molecular weight is 649 g/mol. The second-order valence-electron chi connectivity index (χ2n) is 11.6. The molecule has 48 heavy (non-hydrogen) atoms. The van der Waals surface area contributed by atoms with E-state index in [1.807, 2.05) is 0 Å². The third kappa shape index (κ3) is 3.70. The summed E-state index contributed by atoms with van der Waals surface area (Å²) in [5, 5.41) is 21.8. The first-order chi connectivity index (χ1) is 23.7. The Balaban J connectivity index is 1.35. The molecule has 1 aromatic heterocycles. The van der Waals surface area contributed by atoms with Gasteiger partial charge in [-0.05, 0) is 72.8 Å². The Morgan fingerprint density at radius 3 is 1.12 bits per heavy atom. The Kier molecular flexibility index (Phi) is 5.77. The first-order valence-corrected chi connectivity index (χ1v) is 17.0. The third-order valence-corrected chi connectivity index (χ3v) is 11.3. The van der Waals surface area contributed by atoms with Gasteiger partial charge in [-0.15, -0.1) is 0 Å². The fourth-order valence-electron chi connectivity index (χ4n) is 7.12. The van der Waals surface area contributed by atoms with Crippen LogP contribution in [0.4, 0.5) is 34.1 Å². The molecule has 3 aliphatic rings. The molecule has 1 aliphatic carbocycles. The highest BCUT2D eigenvalue weighted by Gasteiger charge is 2.35. The number of nitrogens with zero attached hydrogens (tertiary/aromatic N) is 6. The molecule has 6 nitrogen and oxygen atoms in total. The molecule has 10 rings (SSSR count). The molecular formula is C40H20N6S2. The van der Waals surface area contributed by atoms with Gasteiger partial charge >= 0.3 is 0 Å². The highest BCUT2D eigenvalue weighted by molar-refractivity contribution is 8.00. The first-order valence-electron chi connectivity index (χ1n) is 15.4. The number of hydrogen-bond acceptors (Lipinski definition) is 8. The lowest BCUT2D eigenvalue weighted by molar-refractivity contribution is 1.15. The molecule has 222 valence electrons. The summed E-state index contributed by atoms with van der Waals surface area (Å²) in [6.45, 7) is 0. The zero-order chi connectivity index (χ0) is 31.9. The summed E-state index contributed by atoms with van der Waals surface area (Å²) < 4.78 is 0. The molecule has 0 N–H and O–H groups in total.